The average Bonchev–Trinajstić information content (AvgIpc) is 3.35. The quantitative estimate of drug-likeness (QED) is 0.453. The Hall–Kier alpha value is -2.28. The number of aliphatic imine (C=N–C) groups is 1. The van der Waals surface area contributed by atoms with Crippen LogP contribution in [0.25, 0.3) is 0 Å². The lowest BCUT2D eigenvalue weighted by atomic mass is 10.1. The average molecular weight is 444 g/mol. The maximum Gasteiger partial charge on any atom is 0.225 e. The van der Waals surface area contributed by atoms with Crippen LogP contribution in [0.1, 0.15) is 43.7 Å². The molecule has 1 aliphatic carbocycles. The van der Waals surface area contributed by atoms with Crippen molar-refractivity contribution < 1.29 is 9.53 Å². The number of aryl methyl sites for hydroxylation is 1. The third-order valence-electron chi connectivity index (χ3n) is 6.60. The largest absolute Gasteiger partial charge is 0.496 e. The Morgan fingerprint density at radius 3 is 2.59 bits per heavy atom. The van der Waals surface area contributed by atoms with Gasteiger partial charge in [0.2, 0.25) is 5.91 Å². The predicted octanol–water partition coefficient (Wildman–Crippen LogP) is 2.44. The maximum absolute atomic E-state index is 12.6. The summed E-state index contributed by atoms with van der Waals surface area (Å²) in [4.78, 5) is 21.9. The van der Waals surface area contributed by atoms with Gasteiger partial charge in [-0.15, -0.1) is 0 Å². The summed E-state index contributed by atoms with van der Waals surface area (Å²) >= 11 is 0. The van der Waals surface area contributed by atoms with Gasteiger partial charge in [-0.2, -0.15) is 0 Å². The lowest BCUT2D eigenvalue weighted by Gasteiger charge is -2.35. The van der Waals surface area contributed by atoms with Gasteiger partial charge < -0.3 is 20.3 Å². The Morgan fingerprint density at radius 1 is 1.16 bits per heavy atom. The second kappa shape index (κ2) is 12.7. The SMILES string of the molecule is CCNC(=NCCN1CCN(C(=O)C2CCCC2)CC1)NCCc1ccc(C)c(OC)c1. The van der Waals surface area contributed by atoms with E-state index in [0.29, 0.717) is 11.8 Å². The molecule has 1 amide bonds. The van der Waals surface area contributed by atoms with Crippen LogP contribution in [0.4, 0.5) is 0 Å². The summed E-state index contributed by atoms with van der Waals surface area (Å²) in [6.07, 6.45) is 5.53. The fraction of sp³-hybridized carbons (Fsp3) is 0.680. The summed E-state index contributed by atoms with van der Waals surface area (Å²) in [5, 5.41) is 6.77. The highest BCUT2D eigenvalue weighted by molar-refractivity contribution is 5.80. The Kier molecular flexibility index (Phi) is 9.65. The molecule has 1 saturated heterocycles. The Morgan fingerprint density at radius 2 is 1.91 bits per heavy atom. The molecule has 0 aromatic heterocycles. The minimum Gasteiger partial charge on any atom is -0.496 e. The molecule has 7 heteroatoms. The molecule has 1 heterocycles. The van der Waals surface area contributed by atoms with Gasteiger partial charge in [-0.25, -0.2) is 0 Å². The number of hydrogen-bond acceptors (Lipinski definition) is 4. The number of benzene rings is 1. The van der Waals surface area contributed by atoms with Crippen LogP contribution in [0.3, 0.4) is 0 Å². The van der Waals surface area contributed by atoms with Crippen molar-refractivity contribution in [3.63, 3.8) is 0 Å². The van der Waals surface area contributed by atoms with Gasteiger partial charge >= 0.3 is 0 Å². The van der Waals surface area contributed by atoms with E-state index in [1.165, 1.54) is 18.4 Å². The standard InChI is InChI=1S/C25H41N5O2/c1-4-26-25(27-12-11-21-10-9-20(2)23(19-21)32-3)28-13-14-29-15-17-30(18-16-29)24(31)22-7-5-6-8-22/h9-10,19,22H,4-8,11-18H2,1-3H3,(H2,26,27,28). The van der Waals surface area contributed by atoms with Crippen molar-refractivity contribution in [1.29, 1.82) is 0 Å². The topological polar surface area (TPSA) is 69.2 Å². The van der Waals surface area contributed by atoms with E-state index < -0.39 is 0 Å². The summed E-state index contributed by atoms with van der Waals surface area (Å²) in [6, 6.07) is 6.37. The number of methoxy groups -OCH3 is 1. The second-order valence-corrected chi connectivity index (χ2v) is 8.89. The number of guanidine groups is 1. The monoisotopic (exact) mass is 443 g/mol. The molecule has 178 valence electrons. The van der Waals surface area contributed by atoms with Gasteiger partial charge in [0.25, 0.3) is 0 Å². The third-order valence-corrected chi connectivity index (χ3v) is 6.60. The van der Waals surface area contributed by atoms with Gasteiger partial charge in [-0.3, -0.25) is 14.7 Å². The first-order valence-electron chi connectivity index (χ1n) is 12.3. The molecule has 2 N–H and O–H groups in total. The molecular weight excluding hydrogens is 402 g/mol. The molecule has 0 bridgehead atoms. The number of nitrogens with one attached hydrogen (secondary N) is 2. The van der Waals surface area contributed by atoms with E-state index in [1.54, 1.807) is 7.11 Å². The Labute approximate surface area is 193 Å². The molecule has 3 rings (SSSR count). The molecule has 1 aliphatic heterocycles. The van der Waals surface area contributed by atoms with E-state index in [-0.39, 0.29) is 0 Å². The van der Waals surface area contributed by atoms with E-state index in [9.17, 15) is 4.79 Å². The number of ether oxygens (including phenoxy) is 1. The molecule has 1 saturated carbocycles. The molecule has 32 heavy (non-hydrogen) atoms. The van der Waals surface area contributed by atoms with E-state index in [2.05, 4.69) is 52.5 Å². The number of carbonyl (C=O) groups is 1. The third kappa shape index (κ3) is 7.12. The highest BCUT2D eigenvalue weighted by atomic mass is 16.5. The highest BCUT2D eigenvalue weighted by Crippen LogP contribution is 2.26. The lowest BCUT2D eigenvalue weighted by Crippen LogP contribution is -2.50. The normalized spacial score (nSPS) is 18.1. The van der Waals surface area contributed by atoms with Gasteiger partial charge in [0, 0.05) is 51.7 Å². The van der Waals surface area contributed by atoms with Crippen LogP contribution in [0.15, 0.2) is 23.2 Å². The van der Waals surface area contributed by atoms with Gasteiger partial charge in [-0.1, -0.05) is 25.0 Å². The number of rotatable bonds is 9. The van der Waals surface area contributed by atoms with Crippen molar-refractivity contribution in [2.75, 3.05) is 59.5 Å². The summed E-state index contributed by atoms with van der Waals surface area (Å²) in [5.74, 6) is 2.49. The molecule has 1 aromatic rings. The van der Waals surface area contributed by atoms with Crippen molar-refractivity contribution in [2.45, 2.75) is 46.0 Å². The van der Waals surface area contributed by atoms with Crippen molar-refractivity contribution in [3.8, 4) is 5.75 Å². The van der Waals surface area contributed by atoms with Crippen molar-refractivity contribution in [3.05, 3.63) is 29.3 Å². The maximum atomic E-state index is 12.6. The van der Waals surface area contributed by atoms with E-state index in [0.717, 1.165) is 88.9 Å². The first-order valence-corrected chi connectivity index (χ1v) is 12.3. The van der Waals surface area contributed by atoms with Gasteiger partial charge in [0.1, 0.15) is 5.75 Å². The number of hydrogen-bond donors (Lipinski definition) is 2. The summed E-state index contributed by atoms with van der Waals surface area (Å²) in [7, 11) is 1.72. The van der Waals surface area contributed by atoms with E-state index in [1.807, 2.05) is 0 Å². The van der Waals surface area contributed by atoms with Crippen molar-refractivity contribution >= 4 is 11.9 Å². The minimum absolute atomic E-state index is 0.292. The Bertz CT molecular complexity index is 753. The van der Waals surface area contributed by atoms with Crippen molar-refractivity contribution in [2.24, 2.45) is 10.9 Å². The highest BCUT2D eigenvalue weighted by Gasteiger charge is 2.29. The Balaban J connectivity index is 1.38. The minimum atomic E-state index is 0.292. The molecule has 7 nitrogen and oxygen atoms in total. The predicted molar refractivity (Wildman–Crippen MR) is 130 cm³/mol. The molecule has 0 radical (unpaired) electrons. The first-order chi connectivity index (χ1) is 15.6. The van der Waals surface area contributed by atoms with E-state index >= 15 is 0 Å². The van der Waals surface area contributed by atoms with Gasteiger partial charge in [0.05, 0.1) is 13.7 Å². The number of amides is 1. The van der Waals surface area contributed by atoms with Crippen LogP contribution in [0, 0.1) is 12.8 Å². The molecule has 0 spiro atoms. The summed E-state index contributed by atoms with van der Waals surface area (Å²) in [6.45, 7) is 11.1. The lowest BCUT2D eigenvalue weighted by molar-refractivity contribution is -0.137. The number of nitrogens with zero attached hydrogens (tertiary/aromatic N) is 3. The number of piperazine rings is 1. The number of carbonyl (C=O) groups excluding carboxylic acids is 1. The van der Waals surface area contributed by atoms with Crippen LogP contribution < -0.4 is 15.4 Å². The van der Waals surface area contributed by atoms with Crippen LogP contribution >= 0.6 is 0 Å². The molecule has 2 aliphatic rings. The van der Waals surface area contributed by atoms with E-state index in [4.69, 9.17) is 9.73 Å². The van der Waals surface area contributed by atoms with Gasteiger partial charge in [0.15, 0.2) is 5.96 Å². The molecule has 2 fully saturated rings. The fourth-order valence-corrected chi connectivity index (χ4v) is 4.61. The molecule has 1 aromatic carbocycles. The molecule has 0 atom stereocenters. The van der Waals surface area contributed by atoms with Crippen LogP contribution in [-0.2, 0) is 11.2 Å². The van der Waals surface area contributed by atoms with Gasteiger partial charge in [-0.05, 0) is 50.3 Å². The zero-order chi connectivity index (χ0) is 22.8. The van der Waals surface area contributed by atoms with Crippen LogP contribution in [0.2, 0.25) is 0 Å². The smallest absolute Gasteiger partial charge is 0.225 e. The zero-order valence-electron chi connectivity index (χ0n) is 20.2. The fourth-order valence-electron chi connectivity index (χ4n) is 4.61. The van der Waals surface area contributed by atoms with Crippen molar-refractivity contribution in [1.82, 2.24) is 20.4 Å². The second-order valence-electron chi connectivity index (χ2n) is 8.89. The first kappa shape index (κ1) is 24.4. The summed E-state index contributed by atoms with van der Waals surface area (Å²) < 4.78 is 5.42. The zero-order valence-corrected chi connectivity index (χ0v) is 20.2. The van der Waals surface area contributed by atoms with Crippen LogP contribution in [-0.4, -0.2) is 81.1 Å². The summed E-state index contributed by atoms with van der Waals surface area (Å²) in [5.41, 5.74) is 2.41. The molecule has 0 unspecified atom stereocenters. The van der Waals surface area contributed by atoms with Crippen LogP contribution in [0.5, 0.6) is 5.75 Å². The molecular formula is C25H41N5O2.